The second-order valence-corrected chi connectivity index (χ2v) is 4.56. The molecule has 2 rings (SSSR count). The number of anilines is 1. The summed E-state index contributed by atoms with van der Waals surface area (Å²) in [5.74, 6) is -1.86. The number of hydrogen-bond donors (Lipinski definition) is 2. The molecular formula is C13H16ClF3N2O2. The molecule has 1 atom stereocenters. The Hall–Kier alpha value is -1.47. The fraction of sp³-hybridized carbons (Fsp3) is 0.462. The Labute approximate surface area is 126 Å². The van der Waals surface area contributed by atoms with Crippen molar-refractivity contribution < 1.29 is 22.7 Å². The van der Waals surface area contributed by atoms with Gasteiger partial charge in [0.15, 0.2) is 11.6 Å². The number of amides is 1. The first-order valence-electron chi connectivity index (χ1n) is 6.32. The number of nitrogens with one attached hydrogen (secondary N) is 2. The average Bonchev–Trinajstić information content (AvgIpc) is 2.42. The molecule has 118 valence electrons. The van der Waals surface area contributed by atoms with E-state index in [0.29, 0.717) is 6.54 Å². The largest absolute Gasteiger partial charge is 0.432 e. The first-order valence-corrected chi connectivity index (χ1v) is 6.32. The summed E-state index contributed by atoms with van der Waals surface area (Å²) in [4.78, 5) is 11.9. The van der Waals surface area contributed by atoms with Crippen LogP contribution in [-0.2, 0) is 4.79 Å². The SMILES string of the molecule is Cl.O=C(Nc1ccc(OC(F)F)c(F)c1)C1CCCNC1. The van der Waals surface area contributed by atoms with Gasteiger partial charge in [-0.1, -0.05) is 0 Å². The van der Waals surface area contributed by atoms with Gasteiger partial charge in [0.2, 0.25) is 5.91 Å². The lowest BCUT2D eigenvalue weighted by Gasteiger charge is -2.22. The number of piperidine rings is 1. The molecular weight excluding hydrogens is 309 g/mol. The van der Waals surface area contributed by atoms with Crippen molar-refractivity contribution in [2.75, 3.05) is 18.4 Å². The second kappa shape index (κ2) is 8.09. The van der Waals surface area contributed by atoms with Crippen LogP contribution in [0.15, 0.2) is 18.2 Å². The lowest BCUT2D eigenvalue weighted by atomic mass is 9.99. The molecule has 1 aliphatic rings. The Bertz CT molecular complexity index is 482. The van der Waals surface area contributed by atoms with E-state index in [1.165, 1.54) is 6.07 Å². The summed E-state index contributed by atoms with van der Waals surface area (Å²) in [6.07, 6.45) is 1.68. The molecule has 0 spiro atoms. The lowest BCUT2D eigenvalue weighted by Crippen LogP contribution is -2.37. The number of carbonyl (C=O) groups is 1. The average molecular weight is 325 g/mol. The van der Waals surface area contributed by atoms with Crippen molar-refractivity contribution in [3.05, 3.63) is 24.0 Å². The fourth-order valence-corrected chi connectivity index (χ4v) is 2.09. The van der Waals surface area contributed by atoms with Gasteiger partial charge in [0.25, 0.3) is 0 Å². The highest BCUT2D eigenvalue weighted by atomic mass is 35.5. The van der Waals surface area contributed by atoms with Crippen molar-refractivity contribution >= 4 is 24.0 Å². The van der Waals surface area contributed by atoms with Gasteiger partial charge in [0.05, 0.1) is 5.92 Å². The van der Waals surface area contributed by atoms with Gasteiger partial charge in [-0.25, -0.2) is 4.39 Å². The molecule has 8 heteroatoms. The van der Waals surface area contributed by atoms with Gasteiger partial charge in [-0.05, 0) is 31.5 Å². The highest BCUT2D eigenvalue weighted by Gasteiger charge is 2.21. The molecule has 1 unspecified atom stereocenters. The van der Waals surface area contributed by atoms with Gasteiger partial charge >= 0.3 is 6.61 Å². The predicted molar refractivity (Wildman–Crippen MR) is 74.5 cm³/mol. The van der Waals surface area contributed by atoms with Crippen LogP contribution in [0.5, 0.6) is 5.75 Å². The highest BCUT2D eigenvalue weighted by molar-refractivity contribution is 5.92. The zero-order chi connectivity index (χ0) is 14.5. The van der Waals surface area contributed by atoms with E-state index in [2.05, 4.69) is 15.4 Å². The third-order valence-corrected chi connectivity index (χ3v) is 3.08. The molecule has 2 N–H and O–H groups in total. The first kappa shape index (κ1) is 17.6. The molecule has 21 heavy (non-hydrogen) atoms. The van der Waals surface area contributed by atoms with Crippen molar-refractivity contribution in [2.24, 2.45) is 5.92 Å². The molecule has 0 radical (unpaired) electrons. The van der Waals surface area contributed by atoms with E-state index in [4.69, 9.17) is 0 Å². The summed E-state index contributed by atoms with van der Waals surface area (Å²) in [6.45, 7) is -1.61. The van der Waals surface area contributed by atoms with Crippen LogP contribution in [0, 0.1) is 11.7 Å². The zero-order valence-electron chi connectivity index (χ0n) is 11.1. The van der Waals surface area contributed by atoms with Crippen LogP contribution in [0.2, 0.25) is 0 Å². The molecule has 1 saturated heterocycles. The third-order valence-electron chi connectivity index (χ3n) is 3.08. The minimum absolute atomic E-state index is 0. The number of halogens is 4. The summed E-state index contributed by atoms with van der Waals surface area (Å²) in [5.41, 5.74) is 0.222. The maximum absolute atomic E-state index is 13.5. The molecule has 1 heterocycles. The molecule has 0 aliphatic carbocycles. The molecule has 1 amide bonds. The predicted octanol–water partition coefficient (Wildman–Crippen LogP) is 2.79. The Morgan fingerprint density at radius 1 is 1.43 bits per heavy atom. The van der Waals surface area contributed by atoms with E-state index in [-0.39, 0.29) is 29.9 Å². The molecule has 1 aliphatic heterocycles. The zero-order valence-corrected chi connectivity index (χ0v) is 11.9. The highest BCUT2D eigenvalue weighted by Crippen LogP contribution is 2.23. The topological polar surface area (TPSA) is 50.4 Å². The van der Waals surface area contributed by atoms with Crippen molar-refractivity contribution in [3.63, 3.8) is 0 Å². The minimum atomic E-state index is -3.08. The molecule has 1 fully saturated rings. The van der Waals surface area contributed by atoms with Crippen LogP contribution in [0.3, 0.4) is 0 Å². The van der Waals surface area contributed by atoms with Crippen LogP contribution >= 0.6 is 12.4 Å². The molecule has 0 saturated carbocycles. The number of hydrogen-bond acceptors (Lipinski definition) is 3. The van der Waals surface area contributed by atoms with E-state index >= 15 is 0 Å². The second-order valence-electron chi connectivity index (χ2n) is 4.56. The van der Waals surface area contributed by atoms with Crippen LogP contribution < -0.4 is 15.4 Å². The summed E-state index contributed by atoms with van der Waals surface area (Å²) >= 11 is 0. The Morgan fingerprint density at radius 2 is 2.19 bits per heavy atom. The third kappa shape index (κ3) is 5.09. The van der Waals surface area contributed by atoms with E-state index in [1.54, 1.807) is 0 Å². The number of benzene rings is 1. The quantitative estimate of drug-likeness (QED) is 0.895. The standard InChI is InChI=1S/C13H15F3N2O2.ClH/c14-10-6-9(3-4-11(10)20-13(15)16)18-12(19)8-2-1-5-17-7-8;/h3-4,6,8,13,17H,1-2,5,7H2,(H,18,19);1H. The smallest absolute Gasteiger partial charge is 0.387 e. The number of alkyl halides is 2. The van der Waals surface area contributed by atoms with Crippen LogP contribution in [0.25, 0.3) is 0 Å². The summed E-state index contributed by atoms with van der Waals surface area (Å²) < 4.78 is 41.4. The Kier molecular flexibility index (Phi) is 6.77. The van der Waals surface area contributed by atoms with Gasteiger partial charge in [-0.2, -0.15) is 8.78 Å². The molecule has 1 aromatic carbocycles. The van der Waals surface area contributed by atoms with Gasteiger partial charge < -0.3 is 15.4 Å². The molecule has 0 aromatic heterocycles. The van der Waals surface area contributed by atoms with Gasteiger partial charge in [-0.15, -0.1) is 12.4 Å². The van der Waals surface area contributed by atoms with Crippen molar-refractivity contribution in [3.8, 4) is 5.75 Å². The van der Waals surface area contributed by atoms with E-state index in [0.717, 1.165) is 31.5 Å². The Morgan fingerprint density at radius 3 is 2.76 bits per heavy atom. The number of carbonyl (C=O) groups excluding carboxylic acids is 1. The lowest BCUT2D eigenvalue weighted by molar-refractivity contribution is -0.120. The normalized spacial score (nSPS) is 18.0. The van der Waals surface area contributed by atoms with Crippen LogP contribution in [0.1, 0.15) is 12.8 Å². The number of rotatable bonds is 4. The molecule has 4 nitrogen and oxygen atoms in total. The summed E-state index contributed by atoms with van der Waals surface area (Å²) in [5, 5.41) is 5.68. The van der Waals surface area contributed by atoms with Gasteiger partial charge in [0, 0.05) is 18.3 Å². The van der Waals surface area contributed by atoms with Gasteiger partial charge in [0.1, 0.15) is 0 Å². The molecule has 1 aromatic rings. The van der Waals surface area contributed by atoms with Crippen molar-refractivity contribution in [2.45, 2.75) is 19.5 Å². The van der Waals surface area contributed by atoms with E-state index in [9.17, 15) is 18.0 Å². The maximum atomic E-state index is 13.5. The van der Waals surface area contributed by atoms with E-state index < -0.39 is 18.2 Å². The van der Waals surface area contributed by atoms with Crippen molar-refractivity contribution in [1.29, 1.82) is 0 Å². The number of ether oxygens (including phenoxy) is 1. The Balaban J connectivity index is 0.00000220. The summed E-state index contributed by atoms with van der Waals surface area (Å²) in [7, 11) is 0. The van der Waals surface area contributed by atoms with Crippen LogP contribution in [-0.4, -0.2) is 25.6 Å². The summed E-state index contributed by atoms with van der Waals surface area (Å²) in [6, 6.07) is 3.36. The molecule has 0 bridgehead atoms. The van der Waals surface area contributed by atoms with Crippen LogP contribution in [0.4, 0.5) is 18.9 Å². The van der Waals surface area contributed by atoms with E-state index in [1.807, 2.05) is 0 Å². The maximum Gasteiger partial charge on any atom is 0.387 e. The van der Waals surface area contributed by atoms with Crippen molar-refractivity contribution in [1.82, 2.24) is 5.32 Å². The van der Waals surface area contributed by atoms with Gasteiger partial charge in [-0.3, -0.25) is 4.79 Å². The fourth-order valence-electron chi connectivity index (χ4n) is 2.09. The first-order chi connectivity index (χ1) is 9.56. The monoisotopic (exact) mass is 324 g/mol. The minimum Gasteiger partial charge on any atom is -0.432 e.